The van der Waals surface area contributed by atoms with Crippen LogP contribution in [0.1, 0.15) is 30.9 Å². The molecule has 1 aliphatic carbocycles. The summed E-state index contributed by atoms with van der Waals surface area (Å²) in [7, 11) is 0. The zero-order valence-corrected chi connectivity index (χ0v) is 12.6. The van der Waals surface area contributed by atoms with Crippen molar-refractivity contribution >= 4 is 5.91 Å². The number of nitrogens with zero attached hydrogens (tertiary/aromatic N) is 1. The number of benzene rings is 1. The molecule has 0 aromatic heterocycles. The van der Waals surface area contributed by atoms with Crippen molar-refractivity contribution < 1.29 is 9.90 Å². The minimum atomic E-state index is -0.118. The van der Waals surface area contributed by atoms with Gasteiger partial charge in [-0.1, -0.05) is 24.3 Å². The molecular weight excluding hydrogens is 264 g/mol. The number of carbonyl (C=O) groups is 1. The van der Waals surface area contributed by atoms with Crippen molar-refractivity contribution in [2.45, 2.75) is 38.8 Å². The van der Waals surface area contributed by atoms with Crippen molar-refractivity contribution in [1.29, 1.82) is 0 Å². The van der Waals surface area contributed by atoms with Crippen molar-refractivity contribution in [2.24, 2.45) is 5.41 Å². The molecule has 2 aliphatic rings. The first kappa shape index (κ1) is 14.5. The number of carbonyl (C=O) groups excluding carboxylic acids is 1. The summed E-state index contributed by atoms with van der Waals surface area (Å²) in [5.41, 5.74) is 2.71. The van der Waals surface area contributed by atoms with Crippen molar-refractivity contribution in [1.82, 2.24) is 10.2 Å². The molecule has 1 atom stereocenters. The number of aliphatic hydroxyl groups is 1. The van der Waals surface area contributed by atoms with E-state index in [2.05, 4.69) is 34.5 Å². The SMILES string of the molecule is CC(C(=O)NCC1(CO)CC1)N1CCc2ccccc2C1. The molecule has 1 unspecified atom stereocenters. The standard InChI is InChI=1S/C17H24N2O2/c1-13(16(21)18-11-17(12-20)7-8-17)19-9-6-14-4-2-3-5-15(14)10-19/h2-5,13,20H,6-12H2,1H3,(H,18,21). The van der Waals surface area contributed by atoms with Crippen LogP contribution in [0.2, 0.25) is 0 Å². The molecule has 1 fully saturated rings. The normalized spacial score (nSPS) is 21.4. The van der Waals surface area contributed by atoms with E-state index in [9.17, 15) is 9.90 Å². The van der Waals surface area contributed by atoms with Gasteiger partial charge in [-0.25, -0.2) is 0 Å². The van der Waals surface area contributed by atoms with Gasteiger partial charge in [-0.2, -0.15) is 0 Å². The van der Waals surface area contributed by atoms with E-state index in [4.69, 9.17) is 0 Å². The number of nitrogens with one attached hydrogen (secondary N) is 1. The fourth-order valence-electron chi connectivity index (χ4n) is 3.00. The van der Waals surface area contributed by atoms with Crippen LogP contribution in [0.15, 0.2) is 24.3 Å². The third-order valence-corrected chi connectivity index (χ3v) is 5.02. The van der Waals surface area contributed by atoms with Crippen LogP contribution >= 0.6 is 0 Å². The highest BCUT2D eigenvalue weighted by molar-refractivity contribution is 5.81. The molecule has 1 heterocycles. The maximum atomic E-state index is 12.3. The van der Waals surface area contributed by atoms with E-state index in [0.717, 1.165) is 32.4 Å². The Bertz CT molecular complexity index is 525. The van der Waals surface area contributed by atoms with Gasteiger partial charge in [0.15, 0.2) is 0 Å². The van der Waals surface area contributed by atoms with Crippen LogP contribution in [0.25, 0.3) is 0 Å². The number of amides is 1. The summed E-state index contributed by atoms with van der Waals surface area (Å²) < 4.78 is 0. The zero-order chi connectivity index (χ0) is 14.9. The Morgan fingerprint density at radius 3 is 2.76 bits per heavy atom. The fourth-order valence-corrected chi connectivity index (χ4v) is 3.00. The summed E-state index contributed by atoms with van der Waals surface area (Å²) in [4.78, 5) is 14.5. The van der Waals surface area contributed by atoms with Gasteiger partial charge < -0.3 is 10.4 Å². The van der Waals surface area contributed by atoms with Crippen LogP contribution in [0.4, 0.5) is 0 Å². The maximum Gasteiger partial charge on any atom is 0.237 e. The second kappa shape index (κ2) is 5.78. The molecule has 0 radical (unpaired) electrons. The Balaban J connectivity index is 1.56. The van der Waals surface area contributed by atoms with Gasteiger partial charge in [0, 0.05) is 25.0 Å². The summed E-state index contributed by atoms with van der Waals surface area (Å²) in [5.74, 6) is 0.0779. The highest BCUT2D eigenvalue weighted by atomic mass is 16.3. The maximum absolute atomic E-state index is 12.3. The Hall–Kier alpha value is -1.39. The minimum absolute atomic E-state index is 0.0239. The zero-order valence-electron chi connectivity index (χ0n) is 12.6. The molecule has 114 valence electrons. The van der Waals surface area contributed by atoms with Crippen molar-refractivity contribution in [3.05, 3.63) is 35.4 Å². The molecule has 4 nitrogen and oxygen atoms in total. The molecule has 2 N–H and O–H groups in total. The summed E-state index contributed by atoms with van der Waals surface area (Å²) in [6.07, 6.45) is 3.05. The van der Waals surface area contributed by atoms with E-state index < -0.39 is 0 Å². The van der Waals surface area contributed by atoms with E-state index >= 15 is 0 Å². The van der Waals surface area contributed by atoms with Gasteiger partial charge in [-0.15, -0.1) is 0 Å². The van der Waals surface area contributed by atoms with Gasteiger partial charge in [0.25, 0.3) is 0 Å². The van der Waals surface area contributed by atoms with E-state index in [-0.39, 0.29) is 24.0 Å². The van der Waals surface area contributed by atoms with E-state index in [1.165, 1.54) is 11.1 Å². The minimum Gasteiger partial charge on any atom is -0.396 e. The fraction of sp³-hybridized carbons (Fsp3) is 0.588. The second-order valence-corrected chi connectivity index (χ2v) is 6.54. The lowest BCUT2D eigenvalue weighted by molar-refractivity contribution is -0.126. The Morgan fingerprint density at radius 1 is 1.38 bits per heavy atom. The average molecular weight is 288 g/mol. The average Bonchev–Trinajstić information content (AvgIpc) is 3.32. The predicted octanol–water partition coefficient (Wildman–Crippen LogP) is 1.32. The molecule has 3 rings (SSSR count). The van der Waals surface area contributed by atoms with E-state index in [1.807, 2.05) is 6.92 Å². The summed E-state index contributed by atoms with van der Waals surface area (Å²) in [6.45, 7) is 4.53. The van der Waals surface area contributed by atoms with Gasteiger partial charge in [-0.3, -0.25) is 9.69 Å². The molecule has 1 aliphatic heterocycles. The summed E-state index contributed by atoms with van der Waals surface area (Å²) >= 11 is 0. The predicted molar refractivity (Wildman–Crippen MR) is 81.8 cm³/mol. The van der Waals surface area contributed by atoms with E-state index in [1.54, 1.807) is 0 Å². The molecule has 0 saturated heterocycles. The third kappa shape index (κ3) is 3.11. The number of rotatable bonds is 5. The number of fused-ring (bicyclic) bond motifs is 1. The molecular formula is C17H24N2O2. The highest BCUT2D eigenvalue weighted by Gasteiger charge is 2.42. The summed E-state index contributed by atoms with van der Waals surface area (Å²) in [5, 5.41) is 12.3. The quantitative estimate of drug-likeness (QED) is 0.859. The molecule has 1 amide bonds. The van der Waals surface area contributed by atoms with Crippen LogP contribution < -0.4 is 5.32 Å². The number of hydrogen-bond donors (Lipinski definition) is 2. The smallest absolute Gasteiger partial charge is 0.237 e. The van der Waals surface area contributed by atoms with Crippen LogP contribution in [-0.4, -0.2) is 41.7 Å². The van der Waals surface area contributed by atoms with Crippen LogP contribution in [0.5, 0.6) is 0 Å². The van der Waals surface area contributed by atoms with Crippen molar-refractivity contribution in [3.63, 3.8) is 0 Å². The van der Waals surface area contributed by atoms with Crippen LogP contribution in [0, 0.1) is 5.41 Å². The lowest BCUT2D eigenvalue weighted by atomic mass is 9.98. The van der Waals surface area contributed by atoms with E-state index in [0.29, 0.717) is 6.54 Å². The van der Waals surface area contributed by atoms with Crippen molar-refractivity contribution in [2.75, 3.05) is 19.7 Å². The van der Waals surface area contributed by atoms with Crippen LogP contribution in [-0.2, 0) is 17.8 Å². The Kier molecular flexibility index (Phi) is 4.00. The number of aliphatic hydroxyl groups excluding tert-OH is 1. The second-order valence-electron chi connectivity index (χ2n) is 6.54. The first-order valence-electron chi connectivity index (χ1n) is 7.83. The molecule has 4 heteroatoms. The highest BCUT2D eigenvalue weighted by Crippen LogP contribution is 2.44. The van der Waals surface area contributed by atoms with Crippen molar-refractivity contribution in [3.8, 4) is 0 Å². The lowest BCUT2D eigenvalue weighted by Gasteiger charge is -2.33. The van der Waals surface area contributed by atoms with Gasteiger partial charge in [0.2, 0.25) is 5.91 Å². The first-order valence-corrected chi connectivity index (χ1v) is 7.83. The van der Waals surface area contributed by atoms with Gasteiger partial charge in [-0.05, 0) is 37.3 Å². The van der Waals surface area contributed by atoms with Gasteiger partial charge in [0.1, 0.15) is 0 Å². The van der Waals surface area contributed by atoms with Gasteiger partial charge >= 0.3 is 0 Å². The van der Waals surface area contributed by atoms with Crippen LogP contribution in [0.3, 0.4) is 0 Å². The first-order chi connectivity index (χ1) is 10.1. The summed E-state index contributed by atoms with van der Waals surface area (Å²) in [6, 6.07) is 8.35. The molecule has 1 aromatic rings. The topological polar surface area (TPSA) is 52.6 Å². The molecule has 21 heavy (non-hydrogen) atoms. The third-order valence-electron chi connectivity index (χ3n) is 5.02. The Morgan fingerprint density at radius 2 is 2.10 bits per heavy atom. The largest absolute Gasteiger partial charge is 0.396 e. The molecule has 1 saturated carbocycles. The molecule has 0 bridgehead atoms. The lowest BCUT2D eigenvalue weighted by Crippen LogP contribution is -2.48. The molecule has 1 aromatic carbocycles. The monoisotopic (exact) mass is 288 g/mol. The molecule has 0 spiro atoms. The number of hydrogen-bond acceptors (Lipinski definition) is 3. The Labute approximate surface area is 126 Å². The van der Waals surface area contributed by atoms with Gasteiger partial charge in [0.05, 0.1) is 12.6 Å².